The lowest BCUT2D eigenvalue weighted by molar-refractivity contribution is -0.123. The molecule has 0 fully saturated rings. The highest BCUT2D eigenvalue weighted by atomic mass is 19.1. The number of ketones is 1. The van der Waals surface area contributed by atoms with Crippen molar-refractivity contribution >= 4 is 29.0 Å². The molecule has 2 N–H and O–H groups in total. The third-order valence-corrected chi connectivity index (χ3v) is 3.91. The zero-order valence-corrected chi connectivity index (χ0v) is 12.9. The maximum atomic E-state index is 13.3. The summed E-state index contributed by atoms with van der Waals surface area (Å²) in [7, 11) is 0. The van der Waals surface area contributed by atoms with Gasteiger partial charge in [0.05, 0.1) is 5.92 Å². The van der Waals surface area contributed by atoms with Crippen molar-refractivity contribution in [3.8, 4) is 0 Å². The molecule has 2 amide bonds. The third kappa shape index (κ3) is 3.17. The number of nitrogens with one attached hydrogen (secondary N) is 2. The van der Waals surface area contributed by atoms with Gasteiger partial charge in [-0.05, 0) is 36.8 Å². The molecular weight excluding hydrogens is 311 g/mol. The Kier molecular flexibility index (Phi) is 4.12. The van der Waals surface area contributed by atoms with Crippen molar-refractivity contribution in [3.63, 3.8) is 0 Å². The Bertz CT molecular complexity index is 848. The Morgan fingerprint density at radius 1 is 1.21 bits per heavy atom. The average Bonchev–Trinajstić information content (AvgIpc) is 2.53. The fourth-order valence-corrected chi connectivity index (χ4v) is 2.72. The lowest BCUT2D eigenvalue weighted by atomic mass is 9.89. The standard InChI is InChI=1S/C18H15FN2O3/c1-10(22)11-3-2-4-13(7-11)20-18(24)15-9-17(23)21-16-8-12(19)5-6-14(15)16/h2-8,15H,9H2,1H3,(H,20,24)(H,21,23). The second-order valence-corrected chi connectivity index (χ2v) is 5.66. The van der Waals surface area contributed by atoms with Crippen molar-refractivity contribution in [2.45, 2.75) is 19.3 Å². The number of benzene rings is 2. The van der Waals surface area contributed by atoms with E-state index in [9.17, 15) is 18.8 Å². The van der Waals surface area contributed by atoms with Crippen LogP contribution in [0.2, 0.25) is 0 Å². The lowest BCUT2D eigenvalue weighted by Gasteiger charge is -2.25. The summed E-state index contributed by atoms with van der Waals surface area (Å²) in [6, 6.07) is 10.5. The summed E-state index contributed by atoms with van der Waals surface area (Å²) in [5, 5.41) is 5.29. The van der Waals surface area contributed by atoms with Crippen LogP contribution in [0.15, 0.2) is 42.5 Å². The van der Waals surface area contributed by atoms with Gasteiger partial charge in [0, 0.05) is 23.4 Å². The Labute approximate surface area is 137 Å². The summed E-state index contributed by atoms with van der Waals surface area (Å²) >= 11 is 0. The summed E-state index contributed by atoms with van der Waals surface area (Å²) in [5.74, 6) is -2.02. The number of hydrogen-bond acceptors (Lipinski definition) is 3. The van der Waals surface area contributed by atoms with E-state index in [2.05, 4.69) is 10.6 Å². The maximum absolute atomic E-state index is 13.3. The van der Waals surface area contributed by atoms with E-state index in [0.29, 0.717) is 22.5 Å². The van der Waals surface area contributed by atoms with Crippen LogP contribution in [0.25, 0.3) is 0 Å². The molecule has 1 heterocycles. The molecular formula is C18H15FN2O3. The Morgan fingerprint density at radius 2 is 2.00 bits per heavy atom. The van der Waals surface area contributed by atoms with Crippen molar-refractivity contribution in [2.75, 3.05) is 10.6 Å². The first-order valence-corrected chi connectivity index (χ1v) is 7.45. The van der Waals surface area contributed by atoms with E-state index in [4.69, 9.17) is 0 Å². The van der Waals surface area contributed by atoms with E-state index in [0.717, 1.165) is 0 Å². The Morgan fingerprint density at radius 3 is 2.75 bits per heavy atom. The molecule has 0 saturated carbocycles. The van der Waals surface area contributed by atoms with Gasteiger partial charge in [0.1, 0.15) is 5.82 Å². The first-order chi connectivity index (χ1) is 11.4. The molecule has 122 valence electrons. The molecule has 1 aliphatic heterocycles. The highest BCUT2D eigenvalue weighted by Gasteiger charge is 2.31. The molecule has 0 aromatic heterocycles. The number of carbonyl (C=O) groups is 3. The van der Waals surface area contributed by atoms with Gasteiger partial charge < -0.3 is 10.6 Å². The Hall–Kier alpha value is -3.02. The van der Waals surface area contributed by atoms with Crippen LogP contribution in [0.3, 0.4) is 0 Å². The quantitative estimate of drug-likeness (QED) is 0.851. The van der Waals surface area contributed by atoms with Gasteiger partial charge in [0.2, 0.25) is 11.8 Å². The van der Waals surface area contributed by atoms with E-state index in [-0.39, 0.29) is 24.0 Å². The lowest BCUT2D eigenvalue weighted by Crippen LogP contribution is -2.30. The smallest absolute Gasteiger partial charge is 0.232 e. The van der Waals surface area contributed by atoms with Crippen molar-refractivity contribution < 1.29 is 18.8 Å². The minimum Gasteiger partial charge on any atom is -0.326 e. The van der Waals surface area contributed by atoms with Crippen LogP contribution in [0.1, 0.15) is 35.2 Å². The first kappa shape index (κ1) is 15.9. The van der Waals surface area contributed by atoms with Crippen LogP contribution in [0.5, 0.6) is 0 Å². The minimum absolute atomic E-state index is 0.0170. The van der Waals surface area contributed by atoms with Gasteiger partial charge in [-0.2, -0.15) is 0 Å². The minimum atomic E-state index is -0.713. The highest BCUT2D eigenvalue weighted by Crippen LogP contribution is 2.33. The van der Waals surface area contributed by atoms with Gasteiger partial charge in [-0.25, -0.2) is 4.39 Å². The van der Waals surface area contributed by atoms with Gasteiger partial charge >= 0.3 is 0 Å². The molecule has 2 aromatic carbocycles. The van der Waals surface area contributed by atoms with Gasteiger partial charge in [0.15, 0.2) is 5.78 Å². The molecule has 0 spiro atoms. The first-order valence-electron chi connectivity index (χ1n) is 7.45. The zero-order valence-electron chi connectivity index (χ0n) is 12.9. The molecule has 1 unspecified atom stereocenters. The number of carbonyl (C=O) groups excluding carboxylic acids is 3. The van der Waals surface area contributed by atoms with E-state index < -0.39 is 11.7 Å². The number of hydrogen-bond donors (Lipinski definition) is 2. The molecule has 1 aliphatic rings. The van der Waals surface area contributed by atoms with Crippen LogP contribution in [-0.2, 0) is 9.59 Å². The summed E-state index contributed by atoms with van der Waals surface area (Å²) in [4.78, 5) is 35.8. The highest BCUT2D eigenvalue weighted by molar-refractivity contribution is 6.05. The predicted molar refractivity (Wildman–Crippen MR) is 87.5 cm³/mol. The molecule has 3 rings (SSSR count). The Balaban J connectivity index is 1.87. The second-order valence-electron chi connectivity index (χ2n) is 5.66. The maximum Gasteiger partial charge on any atom is 0.232 e. The second kappa shape index (κ2) is 6.23. The van der Waals surface area contributed by atoms with Crippen LogP contribution in [0.4, 0.5) is 15.8 Å². The van der Waals surface area contributed by atoms with E-state index in [1.165, 1.54) is 25.1 Å². The van der Waals surface area contributed by atoms with Gasteiger partial charge in [0.25, 0.3) is 0 Å². The van der Waals surface area contributed by atoms with Gasteiger partial charge in [-0.1, -0.05) is 18.2 Å². The molecule has 1 atom stereocenters. The molecule has 0 radical (unpaired) electrons. The predicted octanol–water partition coefficient (Wildman–Crippen LogP) is 3.09. The van der Waals surface area contributed by atoms with E-state index in [1.807, 2.05) is 0 Å². The summed E-state index contributed by atoms with van der Waals surface area (Å²) < 4.78 is 13.3. The van der Waals surface area contributed by atoms with Crippen molar-refractivity contribution in [1.82, 2.24) is 0 Å². The number of halogens is 1. The fraction of sp³-hybridized carbons (Fsp3) is 0.167. The fourth-order valence-electron chi connectivity index (χ4n) is 2.72. The van der Waals surface area contributed by atoms with Crippen LogP contribution >= 0.6 is 0 Å². The van der Waals surface area contributed by atoms with Crippen LogP contribution in [-0.4, -0.2) is 17.6 Å². The van der Waals surface area contributed by atoms with Gasteiger partial charge in [-0.15, -0.1) is 0 Å². The number of Topliss-reactive ketones (excluding diaryl/α,β-unsaturated/α-hetero) is 1. The van der Waals surface area contributed by atoms with E-state index in [1.54, 1.807) is 24.3 Å². The third-order valence-electron chi connectivity index (χ3n) is 3.91. The normalized spacial score (nSPS) is 16.1. The topological polar surface area (TPSA) is 75.3 Å². The number of amides is 2. The van der Waals surface area contributed by atoms with Crippen molar-refractivity contribution in [2.24, 2.45) is 0 Å². The van der Waals surface area contributed by atoms with Crippen molar-refractivity contribution in [1.29, 1.82) is 0 Å². The molecule has 0 aliphatic carbocycles. The van der Waals surface area contributed by atoms with E-state index >= 15 is 0 Å². The molecule has 6 heteroatoms. The summed E-state index contributed by atoms with van der Waals surface area (Å²) in [6.07, 6.45) is -0.0170. The number of rotatable bonds is 3. The largest absolute Gasteiger partial charge is 0.326 e. The van der Waals surface area contributed by atoms with Crippen molar-refractivity contribution in [3.05, 3.63) is 59.4 Å². The monoisotopic (exact) mass is 326 g/mol. The van der Waals surface area contributed by atoms with Crippen LogP contribution < -0.4 is 10.6 Å². The zero-order chi connectivity index (χ0) is 17.3. The SMILES string of the molecule is CC(=O)c1cccc(NC(=O)C2CC(=O)Nc3cc(F)ccc32)c1. The average molecular weight is 326 g/mol. The molecule has 0 saturated heterocycles. The summed E-state index contributed by atoms with van der Waals surface area (Å²) in [6.45, 7) is 1.44. The molecule has 5 nitrogen and oxygen atoms in total. The molecule has 2 aromatic rings. The van der Waals surface area contributed by atoms with Crippen LogP contribution in [0, 0.1) is 5.82 Å². The van der Waals surface area contributed by atoms with Gasteiger partial charge in [-0.3, -0.25) is 14.4 Å². The molecule has 0 bridgehead atoms. The number of anilines is 2. The molecule has 24 heavy (non-hydrogen) atoms. The summed E-state index contributed by atoms with van der Waals surface area (Å²) in [5.41, 5.74) is 1.83. The number of fused-ring (bicyclic) bond motifs is 1.